The first-order valence-corrected chi connectivity index (χ1v) is 9.52. The number of carbonyl (C=O) groups is 2. The van der Waals surface area contributed by atoms with Crippen molar-refractivity contribution in [2.45, 2.75) is 32.2 Å². The van der Waals surface area contributed by atoms with E-state index in [0.717, 1.165) is 44.3 Å². The van der Waals surface area contributed by atoms with Gasteiger partial charge >= 0.3 is 0 Å². The van der Waals surface area contributed by atoms with Gasteiger partial charge in [0.2, 0.25) is 11.8 Å². The van der Waals surface area contributed by atoms with Crippen LogP contribution < -0.4 is 0 Å². The zero-order valence-corrected chi connectivity index (χ0v) is 15.5. The van der Waals surface area contributed by atoms with Crippen molar-refractivity contribution in [3.63, 3.8) is 0 Å². The summed E-state index contributed by atoms with van der Waals surface area (Å²) in [5, 5.41) is 0. The smallest absolute Gasteiger partial charge is 0.236 e. The number of likely N-dealkylation sites (tertiary alicyclic amines) is 2. The molecule has 2 aliphatic rings. The maximum Gasteiger partial charge on any atom is 0.236 e. The molecule has 0 atom stereocenters. The molecule has 0 aromatic heterocycles. The van der Waals surface area contributed by atoms with E-state index in [4.69, 9.17) is 0 Å². The first-order chi connectivity index (χ1) is 12.5. The lowest BCUT2D eigenvalue weighted by atomic mass is 9.95. The van der Waals surface area contributed by atoms with Crippen molar-refractivity contribution in [2.75, 3.05) is 39.8 Å². The highest BCUT2D eigenvalue weighted by atomic mass is 19.1. The Morgan fingerprint density at radius 2 is 1.81 bits per heavy atom. The van der Waals surface area contributed by atoms with E-state index in [1.54, 1.807) is 6.07 Å². The number of hydrogen-bond acceptors (Lipinski definition) is 3. The second kappa shape index (κ2) is 8.62. The monoisotopic (exact) mass is 361 g/mol. The fourth-order valence-electron chi connectivity index (χ4n) is 3.91. The third kappa shape index (κ3) is 4.81. The number of benzene rings is 1. The topological polar surface area (TPSA) is 43.9 Å². The van der Waals surface area contributed by atoms with E-state index in [1.807, 2.05) is 27.8 Å². The predicted molar refractivity (Wildman–Crippen MR) is 97.9 cm³/mol. The van der Waals surface area contributed by atoms with E-state index in [2.05, 4.69) is 0 Å². The largest absolute Gasteiger partial charge is 0.342 e. The summed E-state index contributed by atoms with van der Waals surface area (Å²) in [4.78, 5) is 30.7. The van der Waals surface area contributed by atoms with Crippen LogP contribution >= 0.6 is 0 Å². The molecule has 142 valence electrons. The average molecular weight is 361 g/mol. The van der Waals surface area contributed by atoms with Crippen LogP contribution in [0, 0.1) is 11.7 Å². The molecule has 0 saturated carbocycles. The van der Waals surface area contributed by atoms with Gasteiger partial charge in [0.25, 0.3) is 0 Å². The van der Waals surface area contributed by atoms with Crippen LogP contribution in [-0.2, 0) is 16.1 Å². The fraction of sp³-hybridized carbons (Fsp3) is 0.600. The van der Waals surface area contributed by atoms with Gasteiger partial charge in [-0.1, -0.05) is 12.1 Å². The molecule has 2 aliphatic heterocycles. The summed E-state index contributed by atoms with van der Waals surface area (Å²) in [5.74, 6) is 0.169. The van der Waals surface area contributed by atoms with Crippen molar-refractivity contribution in [3.8, 4) is 0 Å². The number of halogens is 1. The van der Waals surface area contributed by atoms with Crippen LogP contribution in [0.3, 0.4) is 0 Å². The number of piperidine rings is 1. The van der Waals surface area contributed by atoms with Gasteiger partial charge in [-0.3, -0.25) is 14.5 Å². The molecule has 2 heterocycles. The van der Waals surface area contributed by atoms with Crippen LogP contribution in [0.15, 0.2) is 24.3 Å². The molecule has 0 bridgehead atoms. The van der Waals surface area contributed by atoms with Crippen LogP contribution in [0.4, 0.5) is 4.39 Å². The third-order valence-electron chi connectivity index (χ3n) is 5.36. The first kappa shape index (κ1) is 18.8. The summed E-state index contributed by atoms with van der Waals surface area (Å²) in [6, 6.07) is 6.46. The molecule has 0 aliphatic carbocycles. The molecular weight excluding hydrogens is 333 g/mol. The Hall–Kier alpha value is -1.95. The number of rotatable bonds is 5. The molecule has 0 unspecified atom stereocenters. The lowest BCUT2D eigenvalue weighted by molar-refractivity contribution is -0.140. The van der Waals surface area contributed by atoms with Gasteiger partial charge in [0.1, 0.15) is 5.82 Å². The van der Waals surface area contributed by atoms with Gasteiger partial charge in [-0.25, -0.2) is 4.39 Å². The number of carbonyl (C=O) groups excluding carboxylic acids is 2. The maximum absolute atomic E-state index is 13.3. The van der Waals surface area contributed by atoms with E-state index in [-0.39, 0.29) is 23.5 Å². The molecule has 1 aromatic carbocycles. The minimum Gasteiger partial charge on any atom is -0.342 e. The number of hydrogen-bond donors (Lipinski definition) is 0. The Kier molecular flexibility index (Phi) is 6.25. The normalized spacial score (nSPS) is 18.6. The maximum atomic E-state index is 13.3. The van der Waals surface area contributed by atoms with E-state index in [1.165, 1.54) is 12.1 Å². The van der Waals surface area contributed by atoms with E-state index < -0.39 is 0 Å². The van der Waals surface area contributed by atoms with E-state index >= 15 is 0 Å². The number of nitrogens with zero attached hydrogens (tertiary/aromatic N) is 3. The second-order valence-corrected chi connectivity index (χ2v) is 7.49. The summed E-state index contributed by atoms with van der Waals surface area (Å²) in [5.41, 5.74) is 0.857. The predicted octanol–water partition coefficient (Wildman–Crippen LogP) is 2.12. The quantitative estimate of drug-likeness (QED) is 0.807. The van der Waals surface area contributed by atoms with Crippen LogP contribution in [-0.4, -0.2) is 66.3 Å². The zero-order valence-electron chi connectivity index (χ0n) is 15.5. The van der Waals surface area contributed by atoms with Gasteiger partial charge in [0.05, 0.1) is 6.54 Å². The van der Waals surface area contributed by atoms with Crippen LogP contribution in [0.25, 0.3) is 0 Å². The molecular formula is C20H28FN3O2. The Bertz CT molecular complexity index is 638. The molecule has 1 aromatic rings. The molecule has 0 radical (unpaired) electrons. The first-order valence-electron chi connectivity index (χ1n) is 9.52. The molecule has 3 rings (SSSR count). The van der Waals surface area contributed by atoms with Crippen LogP contribution in [0.1, 0.15) is 31.2 Å². The highest BCUT2D eigenvalue weighted by molar-refractivity contribution is 5.81. The van der Waals surface area contributed by atoms with Crippen molar-refractivity contribution >= 4 is 11.8 Å². The van der Waals surface area contributed by atoms with Crippen molar-refractivity contribution < 1.29 is 14.0 Å². The SMILES string of the molecule is CN(CC(=O)N1CCC(C(=O)N2CCCC2)CC1)Cc1cccc(F)c1. The minimum absolute atomic E-state index is 0.0715. The minimum atomic E-state index is -0.257. The van der Waals surface area contributed by atoms with Gasteiger partial charge in [0.15, 0.2) is 0 Å². The van der Waals surface area contributed by atoms with Crippen LogP contribution in [0.2, 0.25) is 0 Å². The molecule has 2 fully saturated rings. The van der Waals surface area contributed by atoms with E-state index in [9.17, 15) is 14.0 Å². The third-order valence-corrected chi connectivity index (χ3v) is 5.36. The van der Waals surface area contributed by atoms with Crippen LogP contribution in [0.5, 0.6) is 0 Å². The molecule has 6 heteroatoms. The fourth-order valence-corrected chi connectivity index (χ4v) is 3.91. The lowest BCUT2D eigenvalue weighted by Gasteiger charge is -2.34. The van der Waals surface area contributed by atoms with Gasteiger partial charge in [0, 0.05) is 38.6 Å². The summed E-state index contributed by atoms with van der Waals surface area (Å²) in [6.07, 6.45) is 3.74. The molecule has 5 nitrogen and oxygen atoms in total. The Labute approximate surface area is 154 Å². The standard InChI is InChI=1S/C20H28FN3O2/c1-22(14-16-5-4-6-18(21)13-16)15-19(25)23-11-7-17(8-12-23)20(26)24-9-2-3-10-24/h4-6,13,17H,2-3,7-12,14-15H2,1H3. The molecule has 26 heavy (non-hydrogen) atoms. The van der Waals surface area contributed by atoms with E-state index in [0.29, 0.717) is 26.2 Å². The summed E-state index contributed by atoms with van der Waals surface area (Å²) >= 11 is 0. The lowest BCUT2D eigenvalue weighted by Crippen LogP contribution is -2.46. The number of amides is 2. The van der Waals surface area contributed by atoms with Gasteiger partial charge in [-0.15, -0.1) is 0 Å². The highest BCUT2D eigenvalue weighted by Gasteiger charge is 2.31. The molecule has 2 amide bonds. The van der Waals surface area contributed by atoms with Gasteiger partial charge in [-0.2, -0.15) is 0 Å². The van der Waals surface area contributed by atoms with Gasteiger partial charge in [-0.05, 0) is 50.4 Å². The van der Waals surface area contributed by atoms with Crippen molar-refractivity contribution in [3.05, 3.63) is 35.6 Å². The van der Waals surface area contributed by atoms with Gasteiger partial charge < -0.3 is 9.80 Å². The molecule has 2 saturated heterocycles. The van der Waals surface area contributed by atoms with Crippen molar-refractivity contribution in [2.24, 2.45) is 5.92 Å². The van der Waals surface area contributed by atoms with Crippen molar-refractivity contribution in [1.82, 2.24) is 14.7 Å². The highest BCUT2D eigenvalue weighted by Crippen LogP contribution is 2.22. The molecule has 0 spiro atoms. The Morgan fingerprint density at radius 3 is 2.46 bits per heavy atom. The average Bonchev–Trinajstić information content (AvgIpc) is 3.15. The van der Waals surface area contributed by atoms with Crippen molar-refractivity contribution in [1.29, 1.82) is 0 Å². The Balaban J connectivity index is 1.43. The Morgan fingerprint density at radius 1 is 1.12 bits per heavy atom. The number of likely N-dealkylation sites (N-methyl/N-ethyl adjacent to an activating group) is 1. The summed E-state index contributed by atoms with van der Waals surface area (Å²) < 4.78 is 13.3. The summed E-state index contributed by atoms with van der Waals surface area (Å²) in [6.45, 7) is 3.92. The zero-order chi connectivity index (χ0) is 18.5. The summed E-state index contributed by atoms with van der Waals surface area (Å²) in [7, 11) is 1.87. The second-order valence-electron chi connectivity index (χ2n) is 7.49. The molecule has 0 N–H and O–H groups in total.